The summed E-state index contributed by atoms with van der Waals surface area (Å²) in [6.45, 7) is 10.4. The Hall–Kier alpha value is -1.65. The molecule has 33 heavy (non-hydrogen) atoms. The molecule has 2 fully saturated rings. The van der Waals surface area contributed by atoms with Crippen molar-refractivity contribution < 1.29 is 0 Å². The molecule has 0 aliphatic carbocycles. The fourth-order valence-electron chi connectivity index (χ4n) is 4.98. The number of guanidine groups is 1. The van der Waals surface area contributed by atoms with Crippen LogP contribution in [0.1, 0.15) is 42.9 Å². The van der Waals surface area contributed by atoms with Gasteiger partial charge in [-0.15, -0.1) is 24.0 Å². The molecule has 0 amide bonds. The van der Waals surface area contributed by atoms with Crippen molar-refractivity contribution in [1.82, 2.24) is 29.8 Å². The van der Waals surface area contributed by atoms with Crippen LogP contribution in [0.2, 0.25) is 0 Å². The number of nitrogens with one attached hydrogen (secondary N) is 1. The molecule has 2 aromatic rings. The van der Waals surface area contributed by atoms with Crippen LogP contribution in [-0.4, -0.2) is 89.8 Å². The van der Waals surface area contributed by atoms with E-state index in [9.17, 15) is 0 Å². The Balaban J connectivity index is 0.00000306. The van der Waals surface area contributed by atoms with E-state index in [2.05, 4.69) is 75.6 Å². The van der Waals surface area contributed by atoms with Crippen molar-refractivity contribution in [3.8, 4) is 0 Å². The van der Waals surface area contributed by atoms with Crippen molar-refractivity contribution in [2.75, 3.05) is 59.4 Å². The van der Waals surface area contributed by atoms with Gasteiger partial charge < -0.3 is 15.1 Å². The van der Waals surface area contributed by atoms with E-state index in [4.69, 9.17) is 4.99 Å². The largest absolute Gasteiger partial charge is 0.357 e. The van der Waals surface area contributed by atoms with Crippen LogP contribution >= 0.6 is 24.0 Å². The van der Waals surface area contributed by atoms with Crippen LogP contribution in [0, 0.1) is 0 Å². The molecule has 2 unspecified atom stereocenters. The van der Waals surface area contributed by atoms with E-state index < -0.39 is 0 Å². The second-order valence-corrected chi connectivity index (χ2v) is 9.19. The second-order valence-electron chi connectivity index (χ2n) is 9.19. The normalized spacial score (nSPS) is 22.4. The maximum atomic E-state index is 5.00. The number of likely N-dealkylation sites (N-methyl/N-ethyl adjacent to an activating group) is 1. The Morgan fingerprint density at radius 1 is 1.09 bits per heavy atom. The first-order chi connectivity index (χ1) is 15.6. The first-order valence-electron chi connectivity index (χ1n) is 12.1. The van der Waals surface area contributed by atoms with Crippen LogP contribution in [0.3, 0.4) is 0 Å². The summed E-state index contributed by atoms with van der Waals surface area (Å²) in [5.74, 6) is 1.61. The van der Waals surface area contributed by atoms with Gasteiger partial charge in [-0.05, 0) is 37.9 Å². The van der Waals surface area contributed by atoms with Gasteiger partial charge in [-0.25, -0.2) is 0 Å². The van der Waals surface area contributed by atoms with E-state index in [1.807, 2.05) is 17.9 Å². The van der Waals surface area contributed by atoms with Gasteiger partial charge in [-0.1, -0.05) is 30.3 Å². The standard InChI is InChI=1S/C25H39N7.HI/c1-4-26-25(32-14-11-22(19-32)23-17-28-30(3)18-23)27-12-8-13-31-16-15-29(2)20-24(31)21-9-6-5-7-10-21;/h5-7,9-10,17-18,22,24H,4,8,11-16,19-20H2,1-3H3,(H,26,27);1H. The van der Waals surface area contributed by atoms with Crippen LogP contribution in [0.4, 0.5) is 0 Å². The average molecular weight is 566 g/mol. The van der Waals surface area contributed by atoms with E-state index >= 15 is 0 Å². The third-order valence-electron chi connectivity index (χ3n) is 6.76. The number of halogens is 1. The topological polar surface area (TPSA) is 51.9 Å². The smallest absolute Gasteiger partial charge is 0.193 e. The van der Waals surface area contributed by atoms with Gasteiger partial charge >= 0.3 is 0 Å². The lowest BCUT2D eigenvalue weighted by Gasteiger charge is -2.40. The van der Waals surface area contributed by atoms with Gasteiger partial charge in [0.2, 0.25) is 0 Å². The third-order valence-corrected chi connectivity index (χ3v) is 6.76. The number of rotatable bonds is 7. The Morgan fingerprint density at radius 2 is 1.91 bits per heavy atom. The molecule has 0 radical (unpaired) electrons. The highest BCUT2D eigenvalue weighted by Crippen LogP contribution is 2.27. The highest BCUT2D eigenvalue weighted by Gasteiger charge is 2.28. The van der Waals surface area contributed by atoms with Crippen LogP contribution in [0.25, 0.3) is 0 Å². The van der Waals surface area contributed by atoms with Crippen molar-refractivity contribution in [2.24, 2.45) is 12.0 Å². The SMILES string of the molecule is CCNC(=NCCCN1CCN(C)CC1c1ccccc1)N1CCC(c2cnn(C)c2)C1.I. The zero-order chi connectivity index (χ0) is 22.3. The van der Waals surface area contributed by atoms with Gasteiger partial charge in [-0.2, -0.15) is 5.10 Å². The van der Waals surface area contributed by atoms with Crippen molar-refractivity contribution in [1.29, 1.82) is 0 Å². The van der Waals surface area contributed by atoms with Crippen molar-refractivity contribution in [3.05, 3.63) is 53.9 Å². The number of aromatic nitrogens is 2. The van der Waals surface area contributed by atoms with E-state index in [1.54, 1.807) is 0 Å². The van der Waals surface area contributed by atoms with Crippen LogP contribution < -0.4 is 5.32 Å². The van der Waals surface area contributed by atoms with Gasteiger partial charge in [0, 0.05) is 77.6 Å². The molecule has 7 nitrogen and oxygen atoms in total. The molecular formula is C25H40IN7. The third kappa shape index (κ3) is 6.93. The van der Waals surface area contributed by atoms with Gasteiger partial charge in [0.15, 0.2) is 5.96 Å². The zero-order valence-corrected chi connectivity index (χ0v) is 22.7. The molecule has 0 spiro atoms. The van der Waals surface area contributed by atoms with Crippen molar-refractivity contribution in [3.63, 3.8) is 0 Å². The number of benzene rings is 1. The molecule has 2 aliphatic rings. The maximum absolute atomic E-state index is 5.00. The van der Waals surface area contributed by atoms with Gasteiger partial charge in [-0.3, -0.25) is 14.6 Å². The molecule has 8 heteroatoms. The number of nitrogens with zero attached hydrogens (tertiary/aromatic N) is 6. The zero-order valence-electron chi connectivity index (χ0n) is 20.4. The second kappa shape index (κ2) is 12.7. The van der Waals surface area contributed by atoms with Crippen molar-refractivity contribution in [2.45, 2.75) is 31.7 Å². The lowest BCUT2D eigenvalue weighted by molar-refractivity contribution is 0.0894. The molecular weight excluding hydrogens is 525 g/mol. The highest BCUT2D eigenvalue weighted by molar-refractivity contribution is 14.0. The van der Waals surface area contributed by atoms with Crippen LogP contribution in [0.5, 0.6) is 0 Å². The predicted molar refractivity (Wildman–Crippen MR) is 146 cm³/mol. The summed E-state index contributed by atoms with van der Waals surface area (Å²) < 4.78 is 1.90. The summed E-state index contributed by atoms with van der Waals surface area (Å²) in [4.78, 5) is 12.5. The Bertz CT molecular complexity index is 869. The Labute approximate surface area is 216 Å². The van der Waals surface area contributed by atoms with Crippen molar-refractivity contribution >= 4 is 29.9 Å². The number of likely N-dealkylation sites (tertiary alicyclic amines) is 1. The molecule has 4 rings (SSSR count). The summed E-state index contributed by atoms with van der Waals surface area (Å²) in [5.41, 5.74) is 2.77. The fourth-order valence-corrected chi connectivity index (χ4v) is 4.98. The summed E-state index contributed by atoms with van der Waals surface area (Å²) in [6.07, 6.45) is 6.41. The minimum Gasteiger partial charge on any atom is -0.357 e. The first kappa shape index (κ1) is 26.0. The molecule has 2 aliphatic heterocycles. The quantitative estimate of drug-likeness (QED) is 0.242. The van der Waals surface area contributed by atoms with E-state index in [-0.39, 0.29) is 24.0 Å². The number of aliphatic imine (C=N–C) groups is 1. The Morgan fingerprint density at radius 3 is 2.64 bits per heavy atom. The van der Waals surface area contributed by atoms with Gasteiger partial charge in [0.25, 0.3) is 0 Å². The summed E-state index contributed by atoms with van der Waals surface area (Å²) in [6, 6.07) is 11.4. The lowest BCUT2D eigenvalue weighted by atomic mass is 10.0. The molecule has 3 heterocycles. The van der Waals surface area contributed by atoms with E-state index in [1.165, 1.54) is 11.1 Å². The molecule has 2 atom stereocenters. The van der Waals surface area contributed by atoms with E-state index in [0.29, 0.717) is 12.0 Å². The first-order valence-corrected chi connectivity index (χ1v) is 12.1. The van der Waals surface area contributed by atoms with Crippen LogP contribution in [0.15, 0.2) is 47.7 Å². The summed E-state index contributed by atoms with van der Waals surface area (Å²) in [7, 11) is 4.22. The molecule has 1 aromatic carbocycles. The predicted octanol–water partition coefficient (Wildman–Crippen LogP) is 3.17. The summed E-state index contributed by atoms with van der Waals surface area (Å²) in [5, 5.41) is 7.87. The molecule has 182 valence electrons. The number of hydrogen-bond acceptors (Lipinski definition) is 4. The number of hydrogen-bond donors (Lipinski definition) is 1. The Kier molecular flexibility index (Phi) is 10.0. The number of aryl methyl sites for hydroxylation is 1. The summed E-state index contributed by atoms with van der Waals surface area (Å²) >= 11 is 0. The monoisotopic (exact) mass is 565 g/mol. The van der Waals surface area contributed by atoms with Gasteiger partial charge in [0.1, 0.15) is 0 Å². The lowest BCUT2D eigenvalue weighted by Crippen LogP contribution is -2.47. The minimum atomic E-state index is 0. The van der Waals surface area contributed by atoms with Gasteiger partial charge in [0.05, 0.1) is 6.20 Å². The highest BCUT2D eigenvalue weighted by atomic mass is 127. The number of piperazine rings is 1. The van der Waals surface area contributed by atoms with Crippen LogP contribution in [-0.2, 0) is 7.05 Å². The minimum absolute atomic E-state index is 0. The molecule has 1 aromatic heterocycles. The molecule has 0 saturated carbocycles. The molecule has 2 saturated heterocycles. The molecule has 0 bridgehead atoms. The van der Waals surface area contributed by atoms with E-state index in [0.717, 1.165) is 71.2 Å². The fraction of sp³-hybridized carbons (Fsp3) is 0.600. The molecule has 1 N–H and O–H groups in total. The average Bonchev–Trinajstić information content (AvgIpc) is 3.46. The maximum Gasteiger partial charge on any atom is 0.193 e.